The van der Waals surface area contributed by atoms with Crippen molar-refractivity contribution in [1.29, 1.82) is 0 Å². The second kappa shape index (κ2) is 8.59. The lowest BCUT2D eigenvalue weighted by Crippen LogP contribution is -2.26. The van der Waals surface area contributed by atoms with Crippen molar-refractivity contribution >= 4 is 34.7 Å². The van der Waals surface area contributed by atoms with E-state index in [4.69, 9.17) is 0 Å². The molecule has 2 aromatic carbocycles. The molecule has 4 rings (SSSR count). The lowest BCUT2D eigenvalue weighted by atomic mass is 10.1. The van der Waals surface area contributed by atoms with Crippen LogP contribution in [0, 0.1) is 0 Å². The Balaban J connectivity index is 1.85. The molecule has 31 heavy (non-hydrogen) atoms. The Morgan fingerprint density at radius 2 is 1.84 bits per heavy atom. The van der Waals surface area contributed by atoms with Gasteiger partial charge in [0, 0.05) is 30.8 Å². The first kappa shape index (κ1) is 20.6. The molecule has 1 unspecified atom stereocenters. The quantitative estimate of drug-likeness (QED) is 0.564. The first-order chi connectivity index (χ1) is 15.0. The third-order valence-corrected chi connectivity index (χ3v) is 5.57. The fourth-order valence-electron chi connectivity index (χ4n) is 3.96. The number of imidazole rings is 1. The highest BCUT2D eigenvalue weighted by atomic mass is 16.2. The number of fused-ring (bicyclic) bond motifs is 5. The van der Waals surface area contributed by atoms with Gasteiger partial charge in [-0.25, -0.2) is 4.98 Å². The van der Waals surface area contributed by atoms with Crippen molar-refractivity contribution in [2.24, 2.45) is 0 Å². The summed E-state index contributed by atoms with van der Waals surface area (Å²) >= 11 is 0. The monoisotopic (exact) mass is 419 g/mol. The van der Waals surface area contributed by atoms with Crippen molar-refractivity contribution in [3.8, 4) is 0 Å². The first-order valence-corrected chi connectivity index (χ1v) is 10.4. The number of para-hydroxylation sites is 1. The van der Waals surface area contributed by atoms with Crippen LogP contribution in [0.15, 0.2) is 42.5 Å². The van der Waals surface area contributed by atoms with Crippen LogP contribution in [0.25, 0.3) is 11.0 Å². The van der Waals surface area contributed by atoms with Crippen LogP contribution in [-0.4, -0.2) is 40.9 Å². The number of nitrogens with one attached hydrogen (secondary N) is 3. The lowest BCUT2D eigenvalue weighted by molar-refractivity contribution is 0.0948. The fourth-order valence-corrected chi connectivity index (χ4v) is 3.96. The van der Waals surface area contributed by atoms with Gasteiger partial charge in [0.25, 0.3) is 17.7 Å². The molecular weight excluding hydrogens is 394 g/mol. The van der Waals surface area contributed by atoms with Gasteiger partial charge in [-0.1, -0.05) is 12.1 Å². The normalized spacial score (nSPS) is 17.3. The molecule has 0 aliphatic carbocycles. The predicted octanol–water partition coefficient (Wildman–Crippen LogP) is 3.12. The van der Waals surface area contributed by atoms with E-state index in [1.54, 1.807) is 43.4 Å². The second-order valence-corrected chi connectivity index (χ2v) is 7.69. The van der Waals surface area contributed by atoms with Crippen LogP contribution in [0.3, 0.4) is 0 Å². The zero-order chi connectivity index (χ0) is 22.0. The van der Waals surface area contributed by atoms with E-state index in [1.165, 1.54) is 0 Å². The molecule has 0 saturated heterocycles. The maximum Gasteiger partial charge on any atom is 0.257 e. The van der Waals surface area contributed by atoms with Crippen LogP contribution >= 0.6 is 0 Å². The minimum Gasteiger partial charge on any atom is -0.355 e. The number of hydrogen-bond acceptors (Lipinski definition) is 4. The molecule has 0 radical (unpaired) electrons. The summed E-state index contributed by atoms with van der Waals surface area (Å²) < 4.78 is 1.94. The molecule has 3 amide bonds. The zero-order valence-corrected chi connectivity index (χ0v) is 17.6. The standard InChI is InChI=1S/C23H25N5O3/c1-14-7-3-4-12-25-20(29)15-8-5-9-16(13-15)21(30)27-23-26-18-11-6-10-17(22(31)24-2)19(18)28(14)23/h5-6,8-11,13-14H,3-4,7,12H2,1-2H3,(H,24,31)(H,25,29)(H,26,27,30). The average molecular weight is 419 g/mol. The lowest BCUT2D eigenvalue weighted by Gasteiger charge is -2.19. The van der Waals surface area contributed by atoms with Gasteiger partial charge in [-0.3, -0.25) is 19.7 Å². The summed E-state index contributed by atoms with van der Waals surface area (Å²) in [5, 5.41) is 8.48. The molecule has 3 N–H and O–H groups in total. The van der Waals surface area contributed by atoms with Gasteiger partial charge >= 0.3 is 0 Å². The van der Waals surface area contributed by atoms with Crippen molar-refractivity contribution in [3.05, 3.63) is 59.2 Å². The van der Waals surface area contributed by atoms with Gasteiger partial charge in [0.2, 0.25) is 5.95 Å². The number of benzene rings is 2. The van der Waals surface area contributed by atoms with Gasteiger partial charge in [-0.05, 0) is 56.5 Å². The maximum atomic E-state index is 13.0. The summed E-state index contributed by atoms with van der Waals surface area (Å²) in [6.07, 6.45) is 2.50. The predicted molar refractivity (Wildman–Crippen MR) is 118 cm³/mol. The van der Waals surface area contributed by atoms with E-state index in [0.29, 0.717) is 40.2 Å². The van der Waals surface area contributed by atoms with Crippen molar-refractivity contribution < 1.29 is 14.4 Å². The molecule has 0 spiro atoms. The Hall–Kier alpha value is -3.68. The number of amides is 3. The van der Waals surface area contributed by atoms with E-state index in [0.717, 1.165) is 19.3 Å². The van der Waals surface area contributed by atoms with Crippen molar-refractivity contribution in [2.75, 3.05) is 18.9 Å². The molecule has 1 aliphatic rings. The van der Waals surface area contributed by atoms with Crippen LogP contribution < -0.4 is 16.0 Å². The van der Waals surface area contributed by atoms with Gasteiger partial charge in [0.15, 0.2) is 0 Å². The SMILES string of the molecule is CNC(=O)c1cccc2nc3n(c12)C(C)CCCCNC(=O)c1cccc(c1)C(=O)N3. The summed E-state index contributed by atoms with van der Waals surface area (Å²) in [5.74, 6) is -0.378. The molecule has 0 fully saturated rings. The summed E-state index contributed by atoms with van der Waals surface area (Å²) in [6.45, 7) is 2.60. The Kier molecular flexibility index (Phi) is 5.70. The summed E-state index contributed by atoms with van der Waals surface area (Å²) in [6, 6.07) is 12.0. The van der Waals surface area contributed by atoms with Crippen molar-refractivity contribution in [3.63, 3.8) is 0 Å². The molecule has 2 bridgehead atoms. The van der Waals surface area contributed by atoms with E-state index in [1.807, 2.05) is 17.6 Å². The van der Waals surface area contributed by atoms with Gasteiger partial charge in [0.1, 0.15) is 0 Å². The fraction of sp³-hybridized carbons (Fsp3) is 0.304. The maximum absolute atomic E-state index is 13.0. The molecular formula is C23H25N5O3. The van der Waals surface area contributed by atoms with Crippen molar-refractivity contribution in [1.82, 2.24) is 20.2 Å². The Morgan fingerprint density at radius 3 is 2.61 bits per heavy atom. The van der Waals surface area contributed by atoms with Gasteiger partial charge in [-0.15, -0.1) is 0 Å². The van der Waals surface area contributed by atoms with Gasteiger partial charge < -0.3 is 15.2 Å². The number of aromatic nitrogens is 2. The highest BCUT2D eigenvalue weighted by Gasteiger charge is 2.23. The van der Waals surface area contributed by atoms with E-state index in [2.05, 4.69) is 20.9 Å². The summed E-state index contributed by atoms with van der Waals surface area (Å²) in [5.41, 5.74) is 2.64. The molecule has 1 aromatic heterocycles. The number of nitrogens with zero attached hydrogens (tertiary/aromatic N) is 2. The number of anilines is 1. The zero-order valence-electron chi connectivity index (χ0n) is 17.6. The Bertz CT molecular complexity index is 1170. The van der Waals surface area contributed by atoms with Crippen LogP contribution in [0.1, 0.15) is 63.3 Å². The molecule has 8 heteroatoms. The highest BCUT2D eigenvalue weighted by Crippen LogP contribution is 2.30. The molecule has 0 saturated carbocycles. The topological polar surface area (TPSA) is 105 Å². The molecule has 1 atom stereocenters. The average Bonchev–Trinajstić information content (AvgIpc) is 3.15. The number of hydrogen-bond donors (Lipinski definition) is 3. The summed E-state index contributed by atoms with van der Waals surface area (Å²) in [4.78, 5) is 42.5. The highest BCUT2D eigenvalue weighted by molar-refractivity contribution is 6.08. The molecule has 8 nitrogen and oxygen atoms in total. The third kappa shape index (κ3) is 4.01. The second-order valence-electron chi connectivity index (χ2n) is 7.69. The molecule has 2 heterocycles. The third-order valence-electron chi connectivity index (χ3n) is 5.57. The van der Waals surface area contributed by atoms with E-state index >= 15 is 0 Å². The minimum absolute atomic E-state index is 0.0175. The summed E-state index contributed by atoms with van der Waals surface area (Å²) in [7, 11) is 1.59. The Labute approximate surface area is 180 Å². The largest absolute Gasteiger partial charge is 0.355 e. The number of rotatable bonds is 1. The van der Waals surface area contributed by atoms with Crippen LogP contribution in [-0.2, 0) is 0 Å². The van der Waals surface area contributed by atoms with Crippen molar-refractivity contribution in [2.45, 2.75) is 32.2 Å². The van der Waals surface area contributed by atoms with Gasteiger partial charge in [0.05, 0.1) is 16.6 Å². The molecule has 1 aliphatic heterocycles. The minimum atomic E-state index is -0.364. The van der Waals surface area contributed by atoms with Crippen LogP contribution in [0.4, 0.5) is 5.95 Å². The number of carbonyl (C=O) groups is 3. The Morgan fingerprint density at radius 1 is 1.10 bits per heavy atom. The van der Waals surface area contributed by atoms with E-state index in [-0.39, 0.29) is 23.8 Å². The smallest absolute Gasteiger partial charge is 0.257 e. The van der Waals surface area contributed by atoms with Gasteiger partial charge in [-0.2, -0.15) is 0 Å². The van der Waals surface area contributed by atoms with Crippen LogP contribution in [0.5, 0.6) is 0 Å². The van der Waals surface area contributed by atoms with Crippen LogP contribution in [0.2, 0.25) is 0 Å². The van der Waals surface area contributed by atoms with E-state index < -0.39 is 0 Å². The first-order valence-electron chi connectivity index (χ1n) is 10.4. The van der Waals surface area contributed by atoms with E-state index in [9.17, 15) is 14.4 Å². The molecule has 3 aromatic rings. The molecule has 160 valence electrons. The number of carbonyl (C=O) groups excluding carboxylic acids is 3.